The Hall–Kier alpha value is 0.310. The zero-order chi connectivity index (χ0) is 11.2. The van der Waals surface area contributed by atoms with Gasteiger partial charge in [-0.15, -0.1) is 24.0 Å². The Morgan fingerprint density at radius 3 is 2.59 bits per heavy atom. The molecule has 0 amide bonds. The number of rotatable bonds is 2. The third-order valence-electron chi connectivity index (χ3n) is 3.19. The zero-order valence-electron chi connectivity index (χ0n) is 10.1. The molecule has 0 saturated carbocycles. The average molecular weight is 371 g/mol. The summed E-state index contributed by atoms with van der Waals surface area (Å²) < 4.78 is 5.29. The van der Waals surface area contributed by atoms with Crippen LogP contribution in [0.1, 0.15) is 12.8 Å². The summed E-state index contributed by atoms with van der Waals surface area (Å²) in [6.45, 7) is 4.22. The summed E-state index contributed by atoms with van der Waals surface area (Å²) in [5, 5.41) is 0. The van der Waals surface area contributed by atoms with Crippen LogP contribution in [-0.2, 0) is 4.74 Å². The van der Waals surface area contributed by atoms with Crippen molar-refractivity contribution >= 4 is 41.7 Å². The molecule has 2 aliphatic rings. The monoisotopic (exact) mass is 371 g/mol. The lowest BCUT2D eigenvalue weighted by Gasteiger charge is -2.28. The van der Waals surface area contributed by atoms with Gasteiger partial charge < -0.3 is 15.4 Å². The summed E-state index contributed by atoms with van der Waals surface area (Å²) >= 11 is 2.05. The number of nitrogens with zero attached hydrogens (tertiary/aromatic N) is 2. The molecule has 2 heterocycles. The molecule has 2 saturated heterocycles. The molecule has 2 aliphatic heterocycles. The maximum atomic E-state index is 5.98. The highest BCUT2D eigenvalue weighted by molar-refractivity contribution is 14.0. The van der Waals surface area contributed by atoms with Crippen molar-refractivity contribution in [2.24, 2.45) is 16.6 Å². The largest absolute Gasteiger partial charge is 0.378 e. The number of thioether (sulfide) groups is 1. The highest BCUT2D eigenvalue weighted by Gasteiger charge is 2.15. The first-order chi connectivity index (χ1) is 7.86. The van der Waals surface area contributed by atoms with E-state index in [0.717, 1.165) is 38.8 Å². The van der Waals surface area contributed by atoms with Crippen molar-refractivity contribution in [3.05, 3.63) is 0 Å². The quantitative estimate of drug-likeness (QED) is 0.453. The molecule has 0 aromatic carbocycles. The Bertz CT molecular complexity index is 241. The van der Waals surface area contributed by atoms with Crippen LogP contribution in [0.4, 0.5) is 0 Å². The van der Waals surface area contributed by atoms with Crippen molar-refractivity contribution in [1.82, 2.24) is 4.90 Å². The summed E-state index contributed by atoms with van der Waals surface area (Å²) in [6, 6.07) is 0. The van der Waals surface area contributed by atoms with Crippen molar-refractivity contribution < 1.29 is 4.74 Å². The van der Waals surface area contributed by atoms with Crippen molar-refractivity contribution in [3.63, 3.8) is 0 Å². The molecule has 0 spiro atoms. The Labute approximate surface area is 125 Å². The van der Waals surface area contributed by atoms with Crippen LogP contribution in [-0.4, -0.2) is 55.2 Å². The van der Waals surface area contributed by atoms with Crippen molar-refractivity contribution in [2.75, 3.05) is 44.4 Å². The molecule has 6 heteroatoms. The summed E-state index contributed by atoms with van der Waals surface area (Å²) in [4.78, 5) is 6.65. The predicted octanol–water partition coefficient (Wildman–Crippen LogP) is 1.39. The summed E-state index contributed by atoms with van der Waals surface area (Å²) in [5.41, 5.74) is 5.98. The van der Waals surface area contributed by atoms with Crippen LogP contribution in [0.25, 0.3) is 0 Å². The molecule has 17 heavy (non-hydrogen) atoms. The van der Waals surface area contributed by atoms with Crippen LogP contribution in [0, 0.1) is 5.92 Å². The van der Waals surface area contributed by atoms with Gasteiger partial charge in [-0.2, -0.15) is 11.8 Å². The second-order valence-corrected chi connectivity index (χ2v) is 5.58. The van der Waals surface area contributed by atoms with Gasteiger partial charge >= 0.3 is 0 Å². The van der Waals surface area contributed by atoms with Gasteiger partial charge in [-0.1, -0.05) is 0 Å². The maximum absolute atomic E-state index is 5.98. The fourth-order valence-corrected chi connectivity index (χ4v) is 3.25. The van der Waals surface area contributed by atoms with E-state index in [2.05, 4.69) is 21.7 Å². The lowest BCUT2D eigenvalue weighted by Crippen LogP contribution is -2.45. The smallest absolute Gasteiger partial charge is 0.191 e. The Morgan fingerprint density at radius 2 is 1.94 bits per heavy atom. The SMILES string of the molecule is I.NC(=NCC1CCSCC1)N1CCOCC1. The first-order valence-corrected chi connectivity index (χ1v) is 7.22. The molecule has 2 N–H and O–H groups in total. The molecule has 0 aromatic rings. The Balaban J connectivity index is 0.00000144. The van der Waals surface area contributed by atoms with Gasteiger partial charge in [0.15, 0.2) is 5.96 Å². The van der Waals surface area contributed by atoms with E-state index in [0.29, 0.717) is 5.96 Å². The number of halogens is 1. The maximum Gasteiger partial charge on any atom is 0.191 e. The molecule has 4 nitrogen and oxygen atoms in total. The average Bonchev–Trinajstić information content (AvgIpc) is 2.38. The standard InChI is InChI=1S/C11H21N3OS.HI/c12-11(14-3-5-15-6-4-14)13-9-10-1-7-16-8-2-10;/h10H,1-9H2,(H2,12,13);1H. The van der Waals surface area contributed by atoms with E-state index < -0.39 is 0 Å². The molecule has 0 radical (unpaired) electrons. The zero-order valence-corrected chi connectivity index (χ0v) is 13.3. The highest BCUT2D eigenvalue weighted by atomic mass is 127. The third kappa shape index (κ3) is 5.21. The van der Waals surface area contributed by atoms with E-state index in [-0.39, 0.29) is 24.0 Å². The van der Waals surface area contributed by atoms with Gasteiger partial charge in [0, 0.05) is 19.6 Å². The van der Waals surface area contributed by atoms with E-state index in [1.165, 1.54) is 24.3 Å². The van der Waals surface area contributed by atoms with Gasteiger partial charge in [-0.05, 0) is 30.3 Å². The molecule has 0 atom stereocenters. The molecule has 0 unspecified atom stereocenters. The van der Waals surface area contributed by atoms with Crippen LogP contribution < -0.4 is 5.73 Å². The van der Waals surface area contributed by atoms with Crippen LogP contribution >= 0.6 is 35.7 Å². The number of hydrogen-bond donors (Lipinski definition) is 1. The van der Waals surface area contributed by atoms with Gasteiger partial charge in [0.2, 0.25) is 0 Å². The predicted molar refractivity (Wildman–Crippen MR) is 84.3 cm³/mol. The number of aliphatic imine (C=N–C) groups is 1. The normalized spacial score (nSPS) is 23.3. The summed E-state index contributed by atoms with van der Waals surface area (Å²) in [7, 11) is 0. The lowest BCUT2D eigenvalue weighted by atomic mass is 10.0. The third-order valence-corrected chi connectivity index (χ3v) is 4.24. The second-order valence-electron chi connectivity index (χ2n) is 4.35. The molecule has 0 bridgehead atoms. The van der Waals surface area contributed by atoms with Crippen LogP contribution in [0.15, 0.2) is 4.99 Å². The van der Waals surface area contributed by atoms with E-state index in [4.69, 9.17) is 10.5 Å². The van der Waals surface area contributed by atoms with Gasteiger partial charge in [0.25, 0.3) is 0 Å². The van der Waals surface area contributed by atoms with Gasteiger partial charge in [0.05, 0.1) is 13.2 Å². The van der Waals surface area contributed by atoms with Gasteiger partial charge in [-0.3, -0.25) is 4.99 Å². The van der Waals surface area contributed by atoms with Gasteiger partial charge in [0.1, 0.15) is 0 Å². The molecule has 100 valence electrons. The van der Waals surface area contributed by atoms with E-state index in [1.807, 2.05) is 0 Å². The summed E-state index contributed by atoms with van der Waals surface area (Å²) in [6.07, 6.45) is 2.59. The minimum Gasteiger partial charge on any atom is -0.378 e. The Kier molecular flexibility index (Phi) is 7.61. The van der Waals surface area contributed by atoms with Crippen LogP contribution in [0.5, 0.6) is 0 Å². The first kappa shape index (κ1) is 15.4. The number of guanidine groups is 1. The number of hydrogen-bond acceptors (Lipinski definition) is 3. The fourth-order valence-electron chi connectivity index (χ4n) is 2.04. The van der Waals surface area contributed by atoms with E-state index in [1.54, 1.807) is 0 Å². The topological polar surface area (TPSA) is 50.8 Å². The fraction of sp³-hybridized carbons (Fsp3) is 0.909. The molecule has 2 fully saturated rings. The first-order valence-electron chi connectivity index (χ1n) is 6.06. The van der Waals surface area contributed by atoms with Crippen molar-refractivity contribution in [3.8, 4) is 0 Å². The van der Waals surface area contributed by atoms with E-state index >= 15 is 0 Å². The van der Waals surface area contributed by atoms with Crippen LogP contribution in [0.2, 0.25) is 0 Å². The molecule has 0 aliphatic carbocycles. The van der Waals surface area contributed by atoms with Crippen molar-refractivity contribution in [2.45, 2.75) is 12.8 Å². The molecular formula is C11H22IN3OS. The van der Waals surface area contributed by atoms with Crippen LogP contribution in [0.3, 0.4) is 0 Å². The molecule has 2 rings (SSSR count). The van der Waals surface area contributed by atoms with Gasteiger partial charge in [-0.25, -0.2) is 0 Å². The number of morpholine rings is 1. The minimum absolute atomic E-state index is 0. The molecular weight excluding hydrogens is 349 g/mol. The number of nitrogens with two attached hydrogens (primary N) is 1. The second kappa shape index (κ2) is 8.42. The van der Waals surface area contributed by atoms with E-state index in [9.17, 15) is 0 Å². The minimum atomic E-state index is 0. The summed E-state index contributed by atoms with van der Waals surface area (Å²) in [5.74, 6) is 4.04. The lowest BCUT2D eigenvalue weighted by molar-refractivity contribution is 0.0674. The van der Waals surface area contributed by atoms with Crippen molar-refractivity contribution in [1.29, 1.82) is 0 Å². The number of ether oxygens (including phenoxy) is 1. The molecule has 0 aromatic heterocycles. The highest BCUT2D eigenvalue weighted by Crippen LogP contribution is 2.22. The Morgan fingerprint density at radius 1 is 1.29 bits per heavy atom.